The van der Waals surface area contributed by atoms with E-state index < -0.39 is 123 Å². The minimum atomic E-state index is -1.91. The fourth-order valence-corrected chi connectivity index (χ4v) is 11.9. The summed E-state index contributed by atoms with van der Waals surface area (Å²) in [4.78, 5) is 14.8. The molecule has 3 heterocycles. The summed E-state index contributed by atoms with van der Waals surface area (Å²) in [6.45, 7) is 6.17. The number of carbonyl (C=O) groups is 1. The van der Waals surface area contributed by atoms with Gasteiger partial charge in [-0.05, 0) is 86.5 Å². The van der Waals surface area contributed by atoms with Crippen molar-refractivity contribution in [3.63, 3.8) is 0 Å². The number of rotatable bonds is 9. The molecule has 17 heteroatoms. The Labute approximate surface area is 319 Å². The quantitative estimate of drug-likeness (QED) is 0.0902. The van der Waals surface area contributed by atoms with Gasteiger partial charge in [0.25, 0.3) is 0 Å². The summed E-state index contributed by atoms with van der Waals surface area (Å²) in [5.41, 5.74) is -1.35. The molecule has 7 rings (SSSR count). The van der Waals surface area contributed by atoms with Crippen molar-refractivity contribution in [2.24, 2.45) is 28.1 Å². The van der Waals surface area contributed by atoms with Crippen LogP contribution >= 0.6 is 0 Å². The van der Waals surface area contributed by atoms with Crippen molar-refractivity contribution >= 4 is 5.97 Å². The van der Waals surface area contributed by atoms with Gasteiger partial charge in [-0.3, -0.25) is 4.79 Å². The second-order valence-electron chi connectivity index (χ2n) is 17.9. The predicted molar refractivity (Wildman–Crippen MR) is 185 cm³/mol. The van der Waals surface area contributed by atoms with E-state index in [0.29, 0.717) is 25.7 Å². The average Bonchev–Trinajstić information content (AvgIpc) is 3.33. The molecule has 4 aliphatic carbocycles. The Bertz CT molecular complexity index is 1420. The van der Waals surface area contributed by atoms with E-state index in [1.165, 1.54) is 0 Å². The van der Waals surface area contributed by atoms with Gasteiger partial charge in [-0.1, -0.05) is 19.9 Å². The molecular formula is C38H60O17. The summed E-state index contributed by atoms with van der Waals surface area (Å²) < 4.78 is 35.6. The number of carbonyl (C=O) groups excluding carboxylic acids is 1. The van der Waals surface area contributed by atoms with Crippen molar-refractivity contribution in [1.82, 2.24) is 0 Å². The molecule has 20 atom stereocenters. The van der Waals surface area contributed by atoms with Crippen molar-refractivity contribution in [2.75, 3.05) is 19.8 Å². The van der Waals surface area contributed by atoms with E-state index in [1.807, 2.05) is 6.92 Å². The molecule has 1 spiro atoms. The third kappa shape index (κ3) is 6.91. The molecule has 10 N–H and O–H groups in total. The Hall–Kier alpha value is -1.39. The summed E-state index contributed by atoms with van der Waals surface area (Å²) in [7, 11) is 0. The summed E-state index contributed by atoms with van der Waals surface area (Å²) in [6.07, 6.45) is -16.3. The lowest BCUT2D eigenvalue weighted by molar-refractivity contribution is -0.384. The molecule has 7 fully saturated rings. The van der Waals surface area contributed by atoms with Crippen LogP contribution in [0.2, 0.25) is 0 Å². The minimum Gasteiger partial charge on any atom is -0.432 e. The lowest BCUT2D eigenvalue weighted by Crippen LogP contribution is -2.67. The van der Waals surface area contributed by atoms with Gasteiger partial charge in [-0.25, -0.2) is 0 Å². The number of aliphatic hydroxyl groups is 10. The molecule has 0 aromatic heterocycles. The topological polar surface area (TPSA) is 275 Å². The highest BCUT2D eigenvalue weighted by Crippen LogP contribution is 2.73. The molecule has 17 nitrogen and oxygen atoms in total. The van der Waals surface area contributed by atoms with Gasteiger partial charge in [0.1, 0.15) is 54.9 Å². The molecule has 55 heavy (non-hydrogen) atoms. The van der Waals surface area contributed by atoms with E-state index in [2.05, 4.69) is 13.5 Å². The lowest BCUT2D eigenvalue weighted by atomic mass is 9.41. The highest BCUT2D eigenvalue weighted by Gasteiger charge is 2.68. The second-order valence-corrected chi connectivity index (χ2v) is 17.9. The lowest BCUT2D eigenvalue weighted by Gasteiger charge is -2.64. The number of fused-ring (bicyclic) bond motifs is 3. The van der Waals surface area contributed by atoms with Gasteiger partial charge in [0.15, 0.2) is 18.7 Å². The van der Waals surface area contributed by atoms with E-state index in [9.17, 15) is 55.9 Å². The molecule has 0 amide bonds. The second kappa shape index (κ2) is 15.3. The van der Waals surface area contributed by atoms with Crippen molar-refractivity contribution in [2.45, 2.75) is 170 Å². The van der Waals surface area contributed by atoms with Crippen LogP contribution < -0.4 is 0 Å². The van der Waals surface area contributed by atoms with E-state index in [-0.39, 0.29) is 29.1 Å². The Morgan fingerprint density at radius 2 is 1.35 bits per heavy atom. The highest BCUT2D eigenvalue weighted by atomic mass is 16.8. The Morgan fingerprint density at radius 3 is 2.04 bits per heavy atom. The molecule has 4 saturated carbocycles. The number of aliphatic hydroxyl groups excluding tert-OH is 9. The maximum Gasteiger partial charge on any atom is 0.314 e. The van der Waals surface area contributed by atoms with Crippen LogP contribution in [0.3, 0.4) is 0 Å². The molecule has 3 aliphatic heterocycles. The third-order valence-corrected chi connectivity index (χ3v) is 14.8. The van der Waals surface area contributed by atoms with Crippen LogP contribution in [0, 0.1) is 28.1 Å². The first-order valence-electron chi connectivity index (χ1n) is 19.8. The fourth-order valence-electron chi connectivity index (χ4n) is 11.9. The summed E-state index contributed by atoms with van der Waals surface area (Å²) in [5, 5.41) is 106. The zero-order valence-electron chi connectivity index (χ0n) is 31.5. The highest BCUT2D eigenvalue weighted by molar-refractivity contribution is 5.77. The molecule has 314 valence electrons. The Morgan fingerprint density at radius 1 is 0.727 bits per heavy atom. The molecule has 0 aromatic carbocycles. The monoisotopic (exact) mass is 788 g/mol. The van der Waals surface area contributed by atoms with Crippen LogP contribution in [0.4, 0.5) is 0 Å². The maximum atomic E-state index is 14.8. The molecule has 7 aliphatic rings. The van der Waals surface area contributed by atoms with Crippen LogP contribution in [0.1, 0.15) is 78.1 Å². The first-order chi connectivity index (χ1) is 25.9. The summed E-state index contributed by atoms with van der Waals surface area (Å²) >= 11 is 0. The van der Waals surface area contributed by atoms with Crippen molar-refractivity contribution < 1.29 is 84.3 Å². The first kappa shape index (κ1) is 41.8. The smallest absolute Gasteiger partial charge is 0.314 e. The summed E-state index contributed by atoms with van der Waals surface area (Å²) in [5.74, 6) is -0.497. The molecular weight excluding hydrogens is 728 g/mol. The van der Waals surface area contributed by atoms with Crippen molar-refractivity contribution in [1.29, 1.82) is 0 Å². The zero-order chi connectivity index (χ0) is 39.8. The van der Waals surface area contributed by atoms with Gasteiger partial charge in [0.2, 0.25) is 6.29 Å². The molecule has 14 unspecified atom stereocenters. The summed E-state index contributed by atoms with van der Waals surface area (Å²) in [6, 6.07) is 0. The fraction of sp³-hybridized carbons (Fsp3) is 0.921. The van der Waals surface area contributed by atoms with Gasteiger partial charge >= 0.3 is 5.97 Å². The van der Waals surface area contributed by atoms with Crippen LogP contribution in [-0.4, -0.2) is 168 Å². The Balaban J connectivity index is 1.19. The normalized spacial score (nSPS) is 54.0. The predicted octanol–water partition coefficient (Wildman–Crippen LogP) is -1.91. The SMILES string of the molecule is C=C1C[C@@]23CC[C@H]4[C@@](C)(CCC[C@@]4(C)C(=O)OC4OC(CO)C(O)C(OC5OC(CO)C(O)C(O)C5O)C4OC4OC(CO)C(O)CC4O)[C@@H]2CC[C@]1(O)C3. The molecule has 0 radical (unpaired) electrons. The standard InChI is InChI=1S/C38H60O17/c1-17-12-37-9-5-23-35(2,24(37)6-10-38(17,49)16-37)7-4-8-36(23,3)34(48)55-33-30(54-31-19(43)11-18(42)20(13-39)50-31)29(26(45)22(15-41)52-33)53-32-28(47)27(46)25(44)21(14-40)51-32/h18-33,39-47,49H,1,4-16H2,2-3H3/t18?,19?,20?,21?,22?,23-,24-,25?,26?,27?,28?,29?,30?,31?,32?,33?,35+,36+,37+,38-/m0/s1. The largest absolute Gasteiger partial charge is 0.432 e. The van der Waals surface area contributed by atoms with Crippen molar-refractivity contribution in [3.05, 3.63) is 12.2 Å². The molecule has 2 bridgehead atoms. The molecule has 0 aromatic rings. The van der Waals surface area contributed by atoms with Crippen LogP contribution in [0.25, 0.3) is 0 Å². The van der Waals surface area contributed by atoms with Gasteiger partial charge in [0.05, 0.1) is 36.9 Å². The van der Waals surface area contributed by atoms with Crippen LogP contribution in [-0.2, 0) is 33.2 Å². The maximum absolute atomic E-state index is 14.8. The van der Waals surface area contributed by atoms with E-state index in [4.69, 9.17) is 28.4 Å². The van der Waals surface area contributed by atoms with E-state index in [1.54, 1.807) is 0 Å². The van der Waals surface area contributed by atoms with E-state index in [0.717, 1.165) is 37.7 Å². The van der Waals surface area contributed by atoms with Crippen LogP contribution in [0.15, 0.2) is 12.2 Å². The van der Waals surface area contributed by atoms with Crippen molar-refractivity contribution in [3.8, 4) is 0 Å². The van der Waals surface area contributed by atoms with Gasteiger partial charge in [0, 0.05) is 6.42 Å². The van der Waals surface area contributed by atoms with Gasteiger partial charge in [-0.15, -0.1) is 0 Å². The third-order valence-electron chi connectivity index (χ3n) is 14.8. The van der Waals surface area contributed by atoms with E-state index >= 15 is 0 Å². The average molecular weight is 789 g/mol. The zero-order valence-corrected chi connectivity index (χ0v) is 31.5. The molecule has 3 saturated heterocycles. The number of hydrogen-bond acceptors (Lipinski definition) is 17. The van der Waals surface area contributed by atoms with Gasteiger partial charge < -0.3 is 79.5 Å². The van der Waals surface area contributed by atoms with Gasteiger partial charge in [-0.2, -0.15) is 0 Å². The number of esters is 1. The number of ether oxygens (including phenoxy) is 6. The first-order valence-corrected chi connectivity index (χ1v) is 19.8. The minimum absolute atomic E-state index is 0.0940. The van der Waals surface area contributed by atoms with Crippen LogP contribution in [0.5, 0.6) is 0 Å². The Kier molecular flexibility index (Phi) is 11.6. The number of hydrogen-bond donors (Lipinski definition) is 10.